The predicted molar refractivity (Wildman–Crippen MR) is 47.4 cm³/mol. The van der Waals surface area contributed by atoms with Gasteiger partial charge in [0.2, 0.25) is 0 Å². The normalized spacial score (nSPS) is 21.8. The molecule has 58 valence electrons. The number of aryl methyl sites for hydroxylation is 1. The molecule has 0 saturated heterocycles. The summed E-state index contributed by atoms with van der Waals surface area (Å²) in [4.78, 5) is 0. The third-order valence-corrected chi connectivity index (χ3v) is 2.86. The van der Waals surface area contributed by atoms with E-state index in [1.165, 1.54) is 5.56 Å². The lowest BCUT2D eigenvalue weighted by atomic mass is 10.1. The molecule has 1 aromatic rings. The lowest BCUT2D eigenvalue weighted by Crippen LogP contribution is -1.90. The molecule has 0 fully saturated rings. The molecule has 1 N–H and O–H groups in total. The summed E-state index contributed by atoms with van der Waals surface area (Å²) in [5.41, 5.74) is 2.37. The monoisotopic (exact) mass is 212 g/mol. The fourth-order valence-electron chi connectivity index (χ4n) is 1.61. The smallest absolute Gasteiger partial charge is 0.0806 e. The van der Waals surface area contributed by atoms with E-state index in [1.807, 2.05) is 12.1 Å². The van der Waals surface area contributed by atoms with E-state index in [9.17, 15) is 5.11 Å². The first kappa shape index (κ1) is 7.32. The van der Waals surface area contributed by atoms with E-state index in [0.29, 0.717) is 0 Å². The second-order valence-corrected chi connectivity index (χ2v) is 3.72. The minimum Gasteiger partial charge on any atom is -0.388 e. The minimum atomic E-state index is -0.249. The van der Waals surface area contributed by atoms with Crippen LogP contribution in [0.2, 0.25) is 0 Å². The zero-order valence-corrected chi connectivity index (χ0v) is 7.63. The van der Waals surface area contributed by atoms with Crippen LogP contribution < -0.4 is 0 Å². The van der Waals surface area contributed by atoms with Crippen molar-refractivity contribution in [2.45, 2.75) is 18.9 Å². The summed E-state index contributed by atoms with van der Waals surface area (Å²) in [6, 6.07) is 6.07. The molecular formula is C9H9BrO. The van der Waals surface area contributed by atoms with Gasteiger partial charge in [-0.05, 0) is 30.0 Å². The van der Waals surface area contributed by atoms with Gasteiger partial charge in [0.1, 0.15) is 0 Å². The molecule has 1 atom stereocenters. The first-order valence-corrected chi connectivity index (χ1v) is 4.53. The SMILES string of the molecule is OC1CCc2cccc(Br)c21. The summed E-state index contributed by atoms with van der Waals surface area (Å²) in [6.45, 7) is 0. The molecule has 1 unspecified atom stereocenters. The minimum absolute atomic E-state index is 0.249. The van der Waals surface area contributed by atoms with Gasteiger partial charge in [0.25, 0.3) is 0 Å². The maximum absolute atomic E-state index is 9.53. The highest BCUT2D eigenvalue weighted by Gasteiger charge is 2.21. The van der Waals surface area contributed by atoms with Gasteiger partial charge in [0.15, 0.2) is 0 Å². The molecule has 0 bridgehead atoms. The summed E-state index contributed by atoms with van der Waals surface area (Å²) >= 11 is 3.43. The number of halogens is 1. The number of aliphatic hydroxyl groups excluding tert-OH is 1. The average molecular weight is 213 g/mol. The molecule has 0 radical (unpaired) electrons. The average Bonchev–Trinajstić information content (AvgIpc) is 2.34. The Labute approximate surface area is 74.2 Å². The lowest BCUT2D eigenvalue weighted by molar-refractivity contribution is 0.179. The molecule has 0 spiro atoms. The molecule has 1 nitrogen and oxygen atoms in total. The number of rotatable bonds is 0. The fraction of sp³-hybridized carbons (Fsp3) is 0.333. The molecule has 0 saturated carbocycles. The number of hydrogen-bond acceptors (Lipinski definition) is 1. The van der Waals surface area contributed by atoms with Crippen molar-refractivity contribution in [3.8, 4) is 0 Å². The number of aliphatic hydroxyl groups is 1. The van der Waals surface area contributed by atoms with Gasteiger partial charge in [-0.25, -0.2) is 0 Å². The topological polar surface area (TPSA) is 20.2 Å². The molecule has 1 aliphatic rings. The van der Waals surface area contributed by atoms with Crippen LogP contribution in [-0.2, 0) is 6.42 Å². The Hall–Kier alpha value is -0.340. The second-order valence-electron chi connectivity index (χ2n) is 2.87. The Morgan fingerprint density at radius 3 is 3.00 bits per heavy atom. The van der Waals surface area contributed by atoms with E-state index >= 15 is 0 Å². The van der Waals surface area contributed by atoms with Crippen LogP contribution in [0.3, 0.4) is 0 Å². The summed E-state index contributed by atoms with van der Waals surface area (Å²) in [5, 5.41) is 9.53. The van der Waals surface area contributed by atoms with Crippen LogP contribution in [0, 0.1) is 0 Å². The quantitative estimate of drug-likeness (QED) is 0.701. The van der Waals surface area contributed by atoms with E-state index in [0.717, 1.165) is 22.9 Å². The van der Waals surface area contributed by atoms with Gasteiger partial charge >= 0.3 is 0 Å². The van der Waals surface area contributed by atoms with Gasteiger partial charge in [0.05, 0.1) is 6.10 Å². The molecule has 0 amide bonds. The first-order chi connectivity index (χ1) is 5.29. The summed E-state index contributed by atoms with van der Waals surface area (Å²) in [5.74, 6) is 0. The molecule has 1 aliphatic carbocycles. The molecule has 1 aromatic carbocycles. The van der Waals surface area contributed by atoms with Crippen molar-refractivity contribution in [2.75, 3.05) is 0 Å². The van der Waals surface area contributed by atoms with E-state index < -0.39 is 0 Å². The Kier molecular flexibility index (Phi) is 1.74. The van der Waals surface area contributed by atoms with Crippen LogP contribution in [0.25, 0.3) is 0 Å². The van der Waals surface area contributed by atoms with Gasteiger partial charge < -0.3 is 5.11 Å². The molecule has 2 rings (SSSR count). The number of hydrogen-bond donors (Lipinski definition) is 1. The molecule has 2 heteroatoms. The largest absolute Gasteiger partial charge is 0.388 e. The lowest BCUT2D eigenvalue weighted by Gasteiger charge is -2.05. The molecule has 0 aromatic heterocycles. The Morgan fingerprint density at radius 2 is 2.27 bits per heavy atom. The van der Waals surface area contributed by atoms with Gasteiger partial charge in [-0.15, -0.1) is 0 Å². The maximum Gasteiger partial charge on any atom is 0.0806 e. The zero-order chi connectivity index (χ0) is 7.84. The second kappa shape index (κ2) is 2.61. The van der Waals surface area contributed by atoms with Crippen molar-refractivity contribution in [2.24, 2.45) is 0 Å². The van der Waals surface area contributed by atoms with Crippen LogP contribution in [-0.4, -0.2) is 5.11 Å². The fourth-order valence-corrected chi connectivity index (χ4v) is 2.28. The maximum atomic E-state index is 9.53. The van der Waals surface area contributed by atoms with Crippen molar-refractivity contribution in [1.82, 2.24) is 0 Å². The number of fused-ring (bicyclic) bond motifs is 1. The molecule has 0 heterocycles. The molecular weight excluding hydrogens is 204 g/mol. The van der Waals surface area contributed by atoms with Crippen molar-refractivity contribution in [3.05, 3.63) is 33.8 Å². The molecule has 11 heavy (non-hydrogen) atoms. The van der Waals surface area contributed by atoms with Crippen LogP contribution in [0.15, 0.2) is 22.7 Å². The van der Waals surface area contributed by atoms with Crippen LogP contribution in [0.4, 0.5) is 0 Å². The highest BCUT2D eigenvalue weighted by molar-refractivity contribution is 9.10. The Morgan fingerprint density at radius 1 is 1.45 bits per heavy atom. The van der Waals surface area contributed by atoms with Crippen molar-refractivity contribution in [3.63, 3.8) is 0 Å². The summed E-state index contributed by atoms with van der Waals surface area (Å²) in [6.07, 6.45) is 1.63. The van der Waals surface area contributed by atoms with Crippen molar-refractivity contribution in [1.29, 1.82) is 0 Å². The van der Waals surface area contributed by atoms with E-state index in [2.05, 4.69) is 22.0 Å². The van der Waals surface area contributed by atoms with E-state index in [4.69, 9.17) is 0 Å². The highest BCUT2D eigenvalue weighted by atomic mass is 79.9. The Bertz CT molecular complexity index is 283. The summed E-state index contributed by atoms with van der Waals surface area (Å²) < 4.78 is 1.04. The van der Waals surface area contributed by atoms with Crippen LogP contribution >= 0.6 is 15.9 Å². The van der Waals surface area contributed by atoms with E-state index in [1.54, 1.807) is 0 Å². The zero-order valence-electron chi connectivity index (χ0n) is 6.05. The van der Waals surface area contributed by atoms with Gasteiger partial charge in [-0.2, -0.15) is 0 Å². The van der Waals surface area contributed by atoms with Gasteiger partial charge in [0, 0.05) is 4.47 Å². The van der Waals surface area contributed by atoms with Crippen LogP contribution in [0.1, 0.15) is 23.7 Å². The number of benzene rings is 1. The third-order valence-electron chi connectivity index (χ3n) is 2.16. The van der Waals surface area contributed by atoms with E-state index in [-0.39, 0.29) is 6.10 Å². The van der Waals surface area contributed by atoms with Gasteiger partial charge in [-0.1, -0.05) is 28.1 Å². The molecule has 0 aliphatic heterocycles. The predicted octanol–water partition coefficient (Wildman–Crippen LogP) is 2.43. The Balaban J connectivity index is 2.58. The van der Waals surface area contributed by atoms with Gasteiger partial charge in [-0.3, -0.25) is 0 Å². The third kappa shape index (κ3) is 1.10. The first-order valence-electron chi connectivity index (χ1n) is 3.74. The summed E-state index contributed by atoms with van der Waals surface area (Å²) in [7, 11) is 0. The highest BCUT2D eigenvalue weighted by Crippen LogP contribution is 2.35. The van der Waals surface area contributed by atoms with Crippen molar-refractivity contribution >= 4 is 15.9 Å². The van der Waals surface area contributed by atoms with Crippen LogP contribution in [0.5, 0.6) is 0 Å². The standard InChI is InChI=1S/C9H9BrO/c10-7-3-1-2-6-4-5-8(11)9(6)7/h1-3,8,11H,4-5H2. The van der Waals surface area contributed by atoms with Crippen molar-refractivity contribution < 1.29 is 5.11 Å².